The number of rotatable bonds is 3. The van der Waals surface area contributed by atoms with Gasteiger partial charge in [0, 0.05) is 36.7 Å². The second kappa shape index (κ2) is 5.66. The van der Waals surface area contributed by atoms with Crippen LogP contribution < -0.4 is 5.32 Å². The maximum absolute atomic E-state index is 12.3. The zero-order valence-corrected chi connectivity index (χ0v) is 11.6. The number of hydrogen-bond acceptors (Lipinski definition) is 4. The van der Waals surface area contributed by atoms with Gasteiger partial charge in [-0.05, 0) is 30.7 Å². The van der Waals surface area contributed by atoms with Crippen LogP contribution in [-0.2, 0) is 6.54 Å². The maximum Gasteiger partial charge on any atom is 0.253 e. The Hall–Kier alpha value is -2.82. The summed E-state index contributed by atoms with van der Waals surface area (Å²) in [6.07, 6.45) is 6.84. The Bertz CT molecular complexity index is 787. The first-order valence-electron chi connectivity index (χ1n) is 6.62. The summed E-state index contributed by atoms with van der Waals surface area (Å²) in [7, 11) is 0. The van der Waals surface area contributed by atoms with Gasteiger partial charge in [-0.25, -0.2) is 0 Å². The minimum Gasteiger partial charge on any atom is -0.348 e. The highest BCUT2D eigenvalue weighted by molar-refractivity contribution is 5.98. The normalized spacial score (nSPS) is 10.5. The number of nitrogens with one attached hydrogen (secondary N) is 1. The van der Waals surface area contributed by atoms with E-state index in [1.165, 1.54) is 0 Å². The van der Waals surface area contributed by atoms with Crippen molar-refractivity contribution in [3.05, 3.63) is 65.9 Å². The Balaban J connectivity index is 1.82. The summed E-state index contributed by atoms with van der Waals surface area (Å²) in [5.74, 6) is -0.144. The fourth-order valence-electron chi connectivity index (χ4n) is 2.12. The lowest BCUT2D eigenvalue weighted by Gasteiger charge is -2.08. The van der Waals surface area contributed by atoms with Crippen molar-refractivity contribution >= 4 is 16.8 Å². The van der Waals surface area contributed by atoms with Crippen molar-refractivity contribution in [2.45, 2.75) is 13.5 Å². The fraction of sp³-hybridized carbons (Fsp3) is 0.125. The van der Waals surface area contributed by atoms with E-state index in [2.05, 4.69) is 20.3 Å². The molecular weight excluding hydrogens is 264 g/mol. The molecule has 0 saturated carbocycles. The number of nitrogens with zero attached hydrogens (tertiary/aromatic N) is 3. The Labute approximate surface area is 122 Å². The number of hydrogen-bond donors (Lipinski definition) is 1. The molecule has 5 heteroatoms. The zero-order valence-electron chi connectivity index (χ0n) is 11.6. The topological polar surface area (TPSA) is 67.8 Å². The van der Waals surface area contributed by atoms with Crippen LogP contribution in [0.3, 0.4) is 0 Å². The Morgan fingerprint density at radius 3 is 2.86 bits per heavy atom. The number of aromatic nitrogens is 3. The summed E-state index contributed by atoms with van der Waals surface area (Å²) >= 11 is 0. The lowest BCUT2D eigenvalue weighted by Crippen LogP contribution is -2.24. The van der Waals surface area contributed by atoms with Gasteiger partial charge in [0.1, 0.15) is 0 Å². The fourth-order valence-corrected chi connectivity index (χ4v) is 2.12. The van der Waals surface area contributed by atoms with Gasteiger partial charge >= 0.3 is 0 Å². The molecule has 0 bridgehead atoms. The molecule has 0 aromatic carbocycles. The molecule has 5 nitrogen and oxygen atoms in total. The summed E-state index contributed by atoms with van der Waals surface area (Å²) in [4.78, 5) is 24.8. The molecule has 0 fully saturated rings. The number of pyridine rings is 3. The molecule has 3 aromatic heterocycles. The van der Waals surface area contributed by atoms with Gasteiger partial charge < -0.3 is 5.32 Å². The summed E-state index contributed by atoms with van der Waals surface area (Å²) in [5, 5.41) is 3.74. The van der Waals surface area contributed by atoms with E-state index in [0.717, 1.165) is 16.5 Å². The van der Waals surface area contributed by atoms with Gasteiger partial charge in [0.2, 0.25) is 0 Å². The van der Waals surface area contributed by atoms with Crippen LogP contribution in [0.1, 0.15) is 21.6 Å². The number of carbonyl (C=O) groups is 1. The molecule has 0 atom stereocenters. The highest BCUT2D eigenvalue weighted by Gasteiger charge is 2.11. The molecule has 0 aliphatic rings. The third-order valence-corrected chi connectivity index (χ3v) is 3.23. The number of aryl methyl sites for hydroxylation is 1. The number of amides is 1. The zero-order chi connectivity index (χ0) is 14.7. The molecule has 0 unspecified atom stereocenters. The first kappa shape index (κ1) is 13.2. The molecule has 0 saturated heterocycles. The van der Waals surface area contributed by atoms with Crippen LogP contribution in [0.25, 0.3) is 10.9 Å². The first-order chi connectivity index (χ1) is 10.2. The molecule has 21 heavy (non-hydrogen) atoms. The van der Waals surface area contributed by atoms with E-state index in [1.54, 1.807) is 24.8 Å². The van der Waals surface area contributed by atoms with Crippen molar-refractivity contribution in [2.75, 3.05) is 0 Å². The predicted molar refractivity (Wildman–Crippen MR) is 79.7 cm³/mol. The molecule has 0 radical (unpaired) electrons. The smallest absolute Gasteiger partial charge is 0.253 e. The van der Waals surface area contributed by atoms with E-state index in [-0.39, 0.29) is 5.91 Å². The van der Waals surface area contributed by atoms with Crippen LogP contribution in [0.15, 0.2) is 49.1 Å². The number of fused-ring (bicyclic) bond motifs is 1. The quantitative estimate of drug-likeness (QED) is 0.798. The molecule has 0 aliphatic heterocycles. The van der Waals surface area contributed by atoms with E-state index in [4.69, 9.17) is 0 Å². The van der Waals surface area contributed by atoms with Crippen LogP contribution in [0, 0.1) is 6.92 Å². The van der Waals surface area contributed by atoms with Crippen molar-refractivity contribution in [1.82, 2.24) is 20.3 Å². The van der Waals surface area contributed by atoms with Crippen molar-refractivity contribution < 1.29 is 4.79 Å². The largest absolute Gasteiger partial charge is 0.348 e. The van der Waals surface area contributed by atoms with Crippen LogP contribution in [0.2, 0.25) is 0 Å². The van der Waals surface area contributed by atoms with E-state index in [9.17, 15) is 4.79 Å². The monoisotopic (exact) mass is 278 g/mol. The Kier molecular flexibility index (Phi) is 3.55. The molecule has 104 valence electrons. The van der Waals surface area contributed by atoms with E-state index in [1.807, 2.05) is 31.2 Å². The SMILES string of the molecule is Cc1nc2ccncc2cc1C(=O)NCc1cccnc1. The third kappa shape index (κ3) is 2.86. The van der Waals surface area contributed by atoms with E-state index in [0.29, 0.717) is 17.8 Å². The van der Waals surface area contributed by atoms with Crippen molar-refractivity contribution in [3.8, 4) is 0 Å². The molecule has 3 rings (SSSR count). The van der Waals surface area contributed by atoms with Crippen molar-refractivity contribution in [3.63, 3.8) is 0 Å². The predicted octanol–water partition coefficient (Wildman–Crippen LogP) is 2.26. The van der Waals surface area contributed by atoms with Gasteiger partial charge in [0.25, 0.3) is 5.91 Å². The Morgan fingerprint density at radius 2 is 2.05 bits per heavy atom. The van der Waals surface area contributed by atoms with E-state index >= 15 is 0 Å². The van der Waals surface area contributed by atoms with Crippen LogP contribution in [0.5, 0.6) is 0 Å². The second-order valence-corrected chi connectivity index (χ2v) is 4.73. The van der Waals surface area contributed by atoms with Gasteiger partial charge in [-0.15, -0.1) is 0 Å². The standard InChI is InChI=1S/C16H14N4O/c1-11-14(7-13-10-18-6-4-15(13)20-11)16(21)19-9-12-3-2-5-17-8-12/h2-8,10H,9H2,1H3,(H,19,21). The van der Waals surface area contributed by atoms with Gasteiger partial charge in [-0.3, -0.25) is 19.7 Å². The third-order valence-electron chi connectivity index (χ3n) is 3.23. The molecule has 0 spiro atoms. The molecule has 1 amide bonds. The second-order valence-electron chi connectivity index (χ2n) is 4.73. The Morgan fingerprint density at radius 1 is 1.19 bits per heavy atom. The lowest BCUT2D eigenvalue weighted by molar-refractivity contribution is 0.0950. The summed E-state index contributed by atoms with van der Waals surface area (Å²) in [6, 6.07) is 7.42. The highest BCUT2D eigenvalue weighted by Crippen LogP contribution is 2.15. The molecular formula is C16H14N4O. The molecule has 3 aromatic rings. The summed E-state index contributed by atoms with van der Waals surface area (Å²) in [5.41, 5.74) is 3.07. The van der Waals surface area contributed by atoms with Gasteiger partial charge in [-0.2, -0.15) is 0 Å². The maximum atomic E-state index is 12.3. The van der Waals surface area contributed by atoms with Gasteiger partial charge in [0.05, 0.1) is 16.8 Å². The van der Waals surface area contributed by atoms with Crippen molar-refractivity contribution in [2.24, 2.45) is 0 Å². The average molecular weight is 278 g/mol. The number of carbonyl (C=O) groups excluding carboxylic acids is 1. The minimum absolute atomic E-state index is 0.144. The summed E-state index contributed by atoms with van der Waals surface area (Å²) < 4.78 is 0. The molecule has 0 aliphatic carbocycles. The minimum atomic E-state index is -0.144. The van der Waals surface area contributed by atoms with Gasteiger partial charge in [0.15, 0.2) is 0 Å². The average Bonchev–Trinajstić information content (AvgIpc) is 2.53. The first-order valence-corrected chi connectivity index (χ1v) is 6.62. The van der Waals surface area contributed by atoms with Crippen LogP contribution in [-0.4, -0.2) is 20.9 Å². The van der Waals surface area contributed by atoms with Crippen molar-refractivity contribution in [1.29, 1.82) is 0 Å². The lowest BCUT2D eigenvalue weighted by atomic mass is 10.1. The highest BCUT2D eigenvalue weighted by atomic mass is 16.1. The van der Waals surface area contributed by atoms with Crippen LogP contribution in [0.4, 0.5) is 0 Å². The van der Waals surface area contributed by atoms with E-state index < -0.39 is 0 Å². The molecule has 3 heterocycles. The summed E-state index contributed by atoms with van der Waals surface area (Å²) in [6.45, 7) is 2.27. The molecule has 1 N–H and O–H groups in total. The van der Waals surface area contributed by atoms with Crippen LogP contribution >= 0.6 is 0 Å². The van der Waals surface area contributed by atoms with Gasteiger partial charge in [-0.1, -0.05) is 6.07 Å².